The molecule has 1 N–H and O–H groups in total. The predicted octanol–water partition coefficient (Wildman–Crippen LogP) is 3.33. The minimum atomic E-state index is -0.360. The second-order valence-corrected chi connectivity index (χ2v) is 4.48. The van der Waals surface area contributed by atoms with Crippen molar-refractivity contribution < 1.29 is 13.9 Å². The summed E-state index contributed by atoms with van der Waals surface area (Å²) in [5, 5.41) is 2.72. The molecule has 1 aliphatic heterocycles. The first-order valence-corrected chi connectivity index (χ1v) is 6.14. The van der Waals surface area contributed by atoms with Gasteiger partial charge in [0.15, 0.2) is 0 Å². The summed E-state index contributed by atoms with van der Waals surface area (Å²) in [7, 11) is 1.59. The highest BCUT2D eigenvalue weighted by molar-refractivity contribution is 6.34. The Morgan fingerprint density at radius 1 is 1.15 bits per heavy atom. The Hall–Kier alpha value is -2.62. The third-order valence-corrected chi connectivity index (χ3v) is 3.19. The number of methoxy groups -OCH3 is 1. The van der Waals surface area contributed by atoms with Crippen LogP contribution in [-0.2, 0) is 4.79 Å². The summed E-state index contributed by atoms with van der Waals surface area (Å²) in [5.41, 5.74) is 2.54. The van der Waals surface area contributed by atoms with Crippen LogP contribution >= 0.6 is 0 Å². The molecule has 3 nitrogen and oxygen atoms in total. The van der Waals surface area contributed by atoms with Gasteiger partial charge in [-0.25, -0.2) is 4.39 Å². The van der Waals surface area contributed by atoms with Crippen molar-refractivity contribution >= 4 is 23.2 Å². The number of carbonyl (C=O) groups excluding carboxylic acids is 1. The lowest BCUT2D eigenvalue weighted by Gasteiger charge is -2.01. The van der Waals surface area contributed by atoms with E-state index in [0.29, 0.717) is 16.8 Å². The summed E-state index contributed by atoms with van der Waals surface area (Å²) in [5.74, 6) is 0.164. The highest BCUT2D eigenvalue weighted by Gasteiger charge is 2.24. The Bertz CT molecular complexity index is 705. The Balaban J connectivity index is 2.03. The fourth-order valence-electron chi connectivity index (χ4n) is 2.17. The maximum absolute atomic E-state index is 13.3. The molecule has 100 valence electrons. The number of carbonyl (C=O) groups is 1. The summed E-state index contributed by atoms with van der Waals surface area (Å²) in [6.45, 7) is 0. The summed E-state index contributed by atoms with van der Waals surface area (Å²) in [4.78, 5) is 11.9. The zero-order valence-electron chi connectivity index (χ0n) is 10.8. The molecule has 0 saturated heterocycles. The first kappa shape index (κ1) is 12.4. The highest BCUT2D eigenvalue weighted by Crippen LogP contribution is 2.33. The molecular weight excluding hydrogens is 257 g/mol. The molecule has 0 aromatic heterocycles. The molecule has 2 aromatic carbocycles. The summed E-state index contributed by atoms with van der Waals surface area (Å²) in [6, 6.07) is 11.6. The van der Waals surface area contributed by atoms with E-state index in [1.807, 2.05) is 24.3 Å². The number of benzene rings is 2. The Morgan fingerprint density at radius 3 is 2.60 bits per heavy atom. The van der Waals surface area contributed by atoms with Crippen molar-refractivity contribution in [2.45, 2.75) is 0 Å². The standard InChI is InChI=1S/C16H12FNO2/c1-20-12-5-2-10(3-6-12)8-14-13-9-11(17)4-7-15(13)18-16(14)19/h2-9H,1H3,(H,18,19)/b14-8-. The maximum Gasteiger partial charge on any atom is 0.256 e. The van der Waals surface area contributed by atoms with Gasteiger partial charge in [-0.1, -0.05) is 12.1 Å². The smallest absolute Gasteiger partial charge is 0.256 e. The van der Waals surface area contributed by atoms with E-state index in [1.54, 1.807) is 19.3 Å². The molecule has 1 amide bonds. The second-order valence-electron chi connectivity index (χ2n) is 4.48. The Morgan fingerprint density at radius 2 is 1.90 bits per heavy atom. The molecule has 2 aromatic rings. The lowest BCUT2D eigenvalue weighted by Crippen LogP contribution is -2.03. The van der Waals surface area contributed by atoms with Crippen LogP contribution in [0.2, 0.25) is 0 Å². The molecule has 1 aliphatic rings. The number of amides is 1. The first-order chi connectivity index (χ1) is 9.67. The number of halogens is 1. The van der Waals surface area contributed by atoms with Gasteiger partial charge in [0.05, 0.1) is 7.11 Å². The van der Waals surface area contributed by atoms with Gasteiger partial charge in [0.25, 0.3) is 5.91 Å². The van der Waals surface area contributed by atoms with E-state index in [4.69, 9.17) is 4.74 Å². The molecule has 0 saturated carbocycles. The quantitative estimate of drug-likeness (QED) is 0.849. The SMILES string of the molecule is COc1ccc(/C=C2\C(=O)Nc3ccc(F)cc32)cc1. The molecule has 20 heavy (non-hydrogen) atoms. The van der Waals surface area contributed by atoms with Crippen molar-refractivity contribution in [1.82, 2.24) is 0 Å². The van der Waals surface area contributed by atoms with Crippen molar-refractivity contribution in [3.63, 3.8) is 0 Å². The topological polar surface area (TPSA) is 38.3 Å². The molecule has 0 aliphatic carbocycles. The molecule has 0 radical (unpaired) electrons. The van der Waals surface area contributed by atoms with Crippen LogP contribution < -0.4 is 10.1 Å². The number of hydrogen-bond acceptors (Lipinski definition) is 2. The molecule has 0 unspecified atom stereocenters. The van der Waals surface area contributed by atoms with Crippen LogP contribution in [0.4, 0.5) is 10.1 Å². The van der Waals surface area contributed by atoms with Crippen LogP contribution in [0, 0.1) is 5.82 Å². The molecule has 0 bridgehead atoms. The van der Waals surface area contributed by atoms with Gasteiger partial charge in [-0.3, -0.25) is 4.79 Å². The fourth-order valence-corrected chi connectivity index (χ4v) is 2.17. The highest BCUT2D eigenvalue weighted by atomic mass is 19.1. The zero-order valence-corrected chi connectivity index (χ0v) is 10.8. The van der Waals surface area contributed by atoms with E-state index in [9.17, 15) is 9.18 Å². The van der Waals surface area contributed by atoms with E-state index in [1.165, 1.54) is 12.1 Å². The van der Waals surface area contributed by atoms with Gasteiger partial charge in [0.2, 0.25) is 0 Å². The number of nitrogens with one attached hydrogen (secondary N) is 1. The molecule has 0 spiro atoms. The fraction of sp³-hybridized carbons (Fsp3) is 0.0625. The predicted molar refractivity (Wildman–Crippen MR) is 75.9 cm³/mol. The minimum absolute atomic E-state index is 0.221. The van der Waals surface area contributed by atoms with Crippen molar-refractivity contribution in [2.24, 2.45) is 0 Å². The van der Waals surface area contributed by atoms with Crippen LogP contribution in [0.15, 0.2) is 42.5 Å². The Kier molecular flexibility index (Phi) is 2.99. The first-order valence-electron chi connectivity index (χ1n) is 6.14. The number of rotatable bonds is 2. The van der Waals surface area contributed by atoms with Crippen molar-refractivity contribution in [1.29, 1.82) is 0 Å². The molecule has 4 heteroatoms. The number of ether oxygens (including phenoxy) is 1. The van der Waals surface area contributed by atoms with E-state index in [-0.39, 0.29) is 11.7 Å². The van der Waals surface area contributed by atoms with Crippen LogP contribution in [0.25, 0.3) is 11.6 Å². The van der Waals surface area contributed by atoms with E-state index >= 15 is 0 Å². The molecule has 3 rings (SSSR count). The minimum Gasteiger partial charge on any atom is -0.497 e. The maximum atomic E-state index is 13.3. The summed E-state index contributed by atoms with van der Waals surface area (Å²) < 4.78 is 18.4. The molecule has 1 heterocycles. The van der Waals surface area contributed by atoms with E-state index in [0.717, 1.165) is 11.3 Å². The van der Waals surface area contributed by atoms with Gasteiger partial charge < -0.3 is 10.1 Å². The van der Waals surface area contributed by atoms with E-state index in [2.05, 4.69) is 5.32 Å². The van der Waals surface area contributed by atoms with Gasteiger partial charge in [-0.15, -0.1) is 0 Å². The molecule has 0 atom stereocenters. The zero-order chi connectivity index (χ0) is 14.1. The average molecular weight is 269 g/mol. The Labute approximate surface area is 115 Å². The average Bonchev–Trinajstić information content (AvgIpc) is 2.76. The van der Waals surface area contributed by atoms with Crippen LogP contribution in [-0.4, -0.2) is 13.0 Å². The number of anilines is 1. The van der Waals surface area contributed by atoms with Gasteiger partial charge in [-0.2, -0.15) is 0 Å². The van der Waals surface area contributed by atoms with Crippen LogP contribution in [0.3, 0.4) is 0 Å². The van der Waals surface area contributed by atoms with Gasteiger partial charge in [-0.05, 0) is 42.0 Å². The van der Waals surface area contributed by atoms with E-state index < -0.39 is 0 Å². The largest absolute Gasteiger partial charge is 0.497 e. The number of fused-ring (bicyclic) bond motifs is 1. The lowest BCUT2D eigenvalue weighted by molar-refractivity contribution is -0.110. The van der Waals surface area contributed by atoms with Gasteiger partial charge in [0.1, 0.15) is 11.6 Å². The van der Waals surface area contributed by atoms with Crippen LogP contribution in [0.5, 0.6) is 5.75 Å². The third kappa shape index (κ3) is 2.16. The monoisotopic (exact) mass is 269 g/mol. The van der Waals surface area contributed by atoms with Crippen molar-refractivity contribution in [3.05, 3.63) is 59.4 Å². The normalized spacial score (nSPS) is 15.1. The summed E-state index contributed by atoms with van der Waals surface area (Å²) >= 11 is 0. The lowest BCUT2D eigenvalue weighted by atomic mass is 10.0. The van der Waals surface area contributed by atoms with Gasteiger partial charge in [0, 0.05) is 16.8 Å². The molecular formula is C16H12FNO2. The van der Waals surface area contributed by atoms with Crippen LogP contribution in [0.1, 0.15) is 11.1 Å². The molecule has 0 fully saturated rings. The third-order valence-electron chi connectivity index (χ3n) is 3.19. The number of hydrogen-bond donors (Lipinski definition) is 1. The second kappa shape index (κ2) is 4.81. The van der Waals surface area contributed by atoms with Crippen molar-refractivity contribution in [2.75, 3.05) is 12.4 Å². The summed E-state index contributed by atoms with van der Waals surface area (Å²) in [6.07, 6.45) is 1.74. The van der Waals surface area contributed by atoms with Crippen molar-refractivity contribution in [3.8, 4) is 5.75 Å². The van der Waals surface area contributed by atoms with Gasteiger partial charge >= 0.3 is 0 Å².